The molecule has 0 bridgehead atoms. The Morgan fingerprint density at radius 2 is 2.15 bits per heavy atom. The van der Waals surface area contributed by atoms with Gasteiger partial charge in [0.05, 0.1) is 4.47 Å². The summed E-state index contributed by atoms with van der Waals surface area (Å²) in [4.78, 5) is 18.8. The molecule has 0 spiro atoms. The number of carbonyl (C=O) groups excluding carboxylic acids is 1. The summed E-state index contributed by atoms with van der Waals surface area (Å²) in [5, 5.41) is 0. The average Bonchev–Trinajstić information content (AvgIpc) is 2.92. The molecule has 0 aromatic carbocycles. The van der Waals surface area contributed by atoms with E-state index in [1.165, 1.54) is 0 Å². The van der Waals surface area contributed by atoms with E-state index in [0.717, 1.165) is 12.8 Å². The SMILES string of the molecule is Nc1nc(C2CC2)nc(C=O)c1Br. The maximum absolute atomic E-state index is 10.6. The molecule has 4 nitrogen and oxygen atoms in total. The van der Waals surface area contributed by atoms with Crippen molar-refractivity contribution in [3.63, 3.8) is 0 Å². The van der Waals surface area contributed by atoms with E-state index in [1.54, 1.807) is 0 Å². The molecule has 0 atom stereocenters. The Morgan fingerprint density at radius 1 is 1.46 bits per heavy atom. The van der Waals surface area contributed by atoms with Gasteiger partial charge in [-0.3, -0.25) is 4.79 Å². The third-order valence-corrected chi connectivity index (χ3v) is 2.79. The molecule has 5 heteroatoms. The largest absolute Gasteiger partial charge is 0.383 e. The third kappa shape index (κ3) is 1.56. The van der Waals surface area contributed by atoms with Gasteiger partial charge in [-0.25, -0.2) is 9.97 Å². The van der Waals surface area contributed by atoms with Crippen molar-refractivity contribution in [1.82, 2.24) is 9.97 Å². The second-order valence-electron chi connectivity index (χ2n) is 3.06. The molecule has 0 aliphatic heterocycles. The van der Waals surface area contributed by atoms with Crippen LogP contribution < -0.4 is 5.73 Å². The fraction of sp³-hybridized carbons (Fsp3) is 0.375. The molecular formula is C8H8BrN3O. The number of nitrogen functional groups attached to an aromatic ring is 1. The average molecular weight is 242 g/mol. The second kappa shape index (κ2) is 3.06. The molecule has 1 saturated carbocycles. The zero-order chi connectivity index (χ0) is 9.42. The van der Waals surface area contributed by atoms with Crippen LogP contribution in [0.5, 0.6) is 0 Å². The highest BCUT2D eigenvalue weighted by atomic mass is 79.9. The molecule has 1 aliphatic carbocycles. The fourth-order valence-electron chi connectivity index (χ4n) is 1.10. The van der Waals surface area contributed by atoms with E-state index >= 15 is 0 Å². The van der Waals surface area contributed by atoms with Gasteiger partial charge >= 0.3 is 0 Å². The molecule has 0 unspecified atom stereocenters. The van der Waals surface area contributed by atoms with Crippen LogP contribution >= 0.6 is 15.9 Å². The Bertz CT molecular complexity index is 363. The van der Waals surface area contributed by atoms with E-state index in [9.17, 15) is 4.79 Å². The van der Waals surface area contributed by atoms with E-state index in [-0.39, 0.29) is 0 Å². The van der Waals surface area contributed by atoms with Gasteiger partial charge in [0.25, 0.3) is 0 Å². The number of hydrogen-bond acceptors (Lipinski definition) is 4. The molecule has 13 heavy (non-hydrogen) atoms. The molecule has 1 aromatic rings. The van der Waals surface area contributed by atoms with Gasteiger partial charge in [0.1, 0.15) is 17.3 Å². The number of anilines is 1. The monoisotopic (exact) mass is 241 g/mol. The van der Waals surface area contributed by atoms with E-state index in [0.29, 0.717) is 34.0 Å². The van der Waals surface area contributed by atoms with Crippen molar-refractivity contribution in [3.05, 3.63) is 16.0 Å². The van der Waals surface area contributed by atoms with Crippen LogP contribution in [0.25, 0.3) is 0 Å². The van der Waals surface area contributed by atoms with E-state index in [4.69, 9.17) is 5.73 Å². The normalized spacial score (nSPS) is 15.8. The molecular weight excluding hydrogens is 234 g/mol. The summed E-state index contributed by atoms with van der Waals surface area (Å²) >= 11 is 3.16. The van der Waals surface area contributed by atoms with Gasteiger partial charge in [-0.05, 0) is 28.8 Å². The molecule has 68 valence electrons. The van der Waals surface area contributed by atoms with Crippen molar-refractivity contribution in [1.29, 1.82) is 0 Å². The lowest BCUT2D eigenvalue weighted by atomic mass is 10.3. The molecule has 1 aliphatic rings. The first-order valence-electron chi connectivity index (χ1n) is 4.00. The minimum absolute atomic E-state index is 0.342. The summed E-state index contributed by atoms with van der Waals surface area (Å²) < 4.78 is 0.493. The maximum atomic E-state index is 10.6. The number of aldehydes is 1. The quantitative estimate of drug-likeness (QED) is 0.798. The van der Waals surface area contributed by atoms with Gasteiger partial charge in [-0.1, -0.05) is 0 Å². The molecule has 2 rings (SSSR count). The Morgan fingerprint density at radius 3 is 2.69 bits per heavy atom. The maximum Gasteiger partial charge on any atom is 0.169 e. The minimum atomic E-state index is 0.342. The summed E-state index contributed by atoms with van der Waals surface area (Å²) in [5.41, 5.74) is 5.95. The van der Waals surface area contributed by atoms with Crippen molar-refractivity contribution in [2.45, 2.75) is 18.8 Å². The summed E-state index contributed by atoms with van der Waals surface area (Å²) in [5.74, 6) is 1.45. The highest BCUT2D eigenvalue weighted by Crippen LogP contribution is 2.39. The Kier molecular flexibility index (Phi) is 2.03. The van der Waals surface area contributed by atoms with Crippen molar-refractivity contribution < 1.29 is 4.79 Å². The number of nitrogens with two attached hydrogens (primary N) is 1. The van der Waals surface area contributed by atoms with Gasteiger partial charge in [0.15, 0.2) is 6.29 Å². The van der Waals surface area contributed by atoms with Crippen LogP contribution in [-0.4, -0.2) is 16.3 Å². The van der Waals surface area contributed by atoms with E-state index < -0.39 is 0 Å². The number of aromatic nitrogens is 2. The van der Waals surface area contributed by atoms with Crippen LogP contribution in [0.2, 0.25) is 0 Å². The standard InChI is InChI=1S/C8H8BrN3O/c9-6-5(3-13)11-8(4-1-2-4)12-7(6)10/h3-4H,1-2H2,(H2,10,11,12). The molecule has 0 amide bonds. The van der Waals surface area contributed by atoms with Gasteiger partial charge in [-0.2, -0.15) is 0 Å². The number of nitrogens with zero attached hydrogens (tertiary/aromatic N) is 2. The number of rotatable bonds is 2. The Balaban J connectivity index is 2.49. The summed E-state index contributed by atoms with van der Waals surface area (Å²) in [6.07, 6.45) is 2.88. The molecule has 2 N–H and O–H groups in total. The molecule has 1 heterocycles. The Labute approximate surface area is 83.7 Å². The van der Waals surface area contributed by atoms with Gasteiger partial charge in [-0.15, -0.1) is 0 Å². The Hall–Kier alpha value is -0.970. The summed E-state index contributed by atoms with van der Waals surface area (Å²) in [7, 11) is 0. The predicted molar refractivity (Wildman–Crippen MR) is 51.5 cm³/mol. The van der Waals surface area contributed by atoms with Crippen molar-refractivity contribution >= 4 is 28.0 Å². The molecule has 1 aromatic heterocycles. The zero-order valence-corrected chi connectivity index (χ0v) is 8.41. The summed E-state index contributed by atoms with van der Waals surface area (Å²) in [6, 6.07) is 0. The molecule has 0 radical (unpaired) electrons. The smallest absolute Gasteiger partial charge is 0.169 e. The van der Waals surface area contributed by atoms with Crippen LogP contribution in [0.15, 0.2) is 4.47 Å². The summed E-state index contributed by atoms with van der Waals surface area (Å²) in [6.45, 7) is 0. The van der Waals surface area contributed by atoms with Crippen LogP contribution in [-0.2, 0) is 0 Å². The number of hydrogen-bond donors (Lipinski definition) is 1. The third-order valence-electron chi connectivity index (χ3n) is 1.97. The predicted octanol–water partition coefficient (Wildman–Crippen LogP) is 1.51. The number of carbonyl (C=O) groups is 1. The van der Waals surface area contributed by atoms with Crippen molar-refractivity contribution in [2.75, 3.05) is 5.73 Å². The second-order valence-corrected chi connectivity index (χ2v) is 3.85. The van der Waals surface area contributed by atoms with Crippen molar-refractivity contribution in [2.24, 2.45) is 0 Å². The first-order chi connectivity index (χ1) is 6.22. The highest BCUT2D eigenvalue weighted by molar-refractivity contribution is 9.10. The molecule has 1 fully saturated rings. The van der Waals surface area contributed by atoms with E-state index in [1.807, 2.05) is 0 Å². The van der Waals surface area contributed by atoms with Gasteiger partial charge < -0.3 is 5.73 Å². The first kappa shape index (κ1) is 8.62. The number of halogens is 1. The first-order valence-corrected chi connectivity index (χ1v) is 4.79. The zero-order valence-electron chi connectivity index (χ0n) is 6.83. The van der Waals surface area contributed by atoms with Crippen molar-refractivity contribution in [3.8, 4) is 0 Å². The fourth-order valence-corrected chi connectivity index (χ4v) is 1.37. The van der Waals surface area contributed by atoms with E-state index in [2.05, 4.69) is 25.9 Å². The van der Waals surface area contributed by atoms with Gasteiger partial charge in [0, 0.05) is 5.92 Å². The lowest BCUT2D eigenvalue weighted by Gasteiger charge is -2.02. The van der Waals surface area contributed by atoms with Crippen LogP contribution in [0.3, 0.4) is 0 Å². The van der Waals surface area contributed by atoms with Crippen LogP contribution in [0.4, 0.5) is 5.82 Å². The molecule has 0 saturated heterocycles. The lowest BCUT2D eigenvalue weighted by molar-refractivity contribution is 0.111. The minimum Gasteiger partial charge on any atom is -0.383 e. The van der Waals surface area contributed by atoms with Crippen LogP contribution in [0.1, 0.15) is 35.1 Å². The highest BCUT2D eigenvalue weighted by Gasteiger charge is 2.27. The topological polar surface area (TPSA) is 68.9 Å². The van der Waals surface area contributed by atoms with Crippen LogP contribution in [0, 0.1) is 0 Å². The van der Waals surface area contributed by atoms with Gasteiger partial charge in [0.2, 0.25) is 0 Å². The lowest BCUT2D eigenvalue weighted by Crippen LogP contribution is -2.03.